The van der Waals surface area contributed by atoms with Crippen LogP contribution in [0.5, 0.6) is 0 Å². The number of hydrogen-bond donors (Lipinski definition) is 2. The molecule has 0 aliphatic rings. The van der Waals surface area contributed by atoms with E-state index in [1.165, 1.54) is 0 Å². The zero-order valence-corrected chi connectivity index (χ0v) is 12.2. The molecule has 4 nitrogen and oxygen atoms in total. The molecule has 0 atom stereocenters. The van der Waals surface area contributed by atoms with Gasteiger partial charge in [-0.3, -0.25) is 5.41 Å². The highest BCUT2D eigenvalue weighted by Crippen LogP contribution is 2.31. The van der Waals surface area contributed by atoms with Gasteiger partial charge in [-0.15, -0.1) is 0 Å². The van der Waals surface area contributed by atoms with Crippen molar-refractivity contribution in [3.05, 3.63) is 52.6 Å². The maximum Gasteiger partial charge on any atom is 0.151 e. The number of para-hydroxylation sites is 1. The third-order valence-corrected chi connectivity index (χ3v) is 3.20. The molecule has 0 saturated carbocycles. The van der Waals surface area contributed by atoms with Crippen molar-refractivity contribution in [3.8, 4) is 0 Å². The molecular formula is C14H14Cl2N4. The van der Waals surface area contributed by atoms with Crippen LogP contribution in [0.2, 0.25) is 10.0 Å². The number of amidine groups is 1. The maximum atomic E-state index is 7.38. The first kappa shape index (κ1) is 14.6. The first-order valence-corrected chi connectivity index (χ1v) is 6.80. The van der Waals surface area contributed by atoms with Gasteiger partial charge in [0.05, 0.1) is 15.9 Å². The molecule has 1 aromatic carbocycles. The summed E-state index contributed by atoms with van der Waals surface area (Å²) < 4.78 is 0. The Hall–Kier alpha value is -1.78. The van der Waals surface area contributed by atoms with Crippen molar-refractivity contribution in [2.75, 3.05) is 11.4 Å². The largest absolute Gasteiger partial charge is 0.388 e. The number of rotatable bonds is 5. The van der Waals surface area contributed by atoms with Crippen molar-refractivity contribution in [1.82, 2.24) is 4.98 Å². The number of halogens is 2. The smallest absolute Gasteiger partial charge is 0.151 e. The molecule has 0 fully saturated rings. The van der Waals surface area contributed by atoms with Crippen LogP contribution in [-0.2, 0) is 0 Å². The van der Waals surface area contributed by atoms with E-state index in [0.717, 1.165) is 5.69 Å². The fraction of sp³-hybridized carbons (Fsp3) is 0.143. The van der Waals surface area contributed by atoms with Crippen LogP contribution >= 0.6 is 23.2 Å². The Balaban J connectivity index is 2.37. The lowest BCUT2D eigenvalue weighted by Crippen LogP contribution is -2.24. The Labute approximate surface area is 127 Å². The molecule has 0 unspecified atom stereocenters. The standard InChI is InChI=1S/C14H14Cl2N4/c15-10-8-12(16)14(19-9-10)20(7-6-13(17)18)11-4-2-1-3-5-11/h1-5,8-9H,6-7H2,(H3,17,18). The second-order valence-corrected chi connectivity index (χ2v) is 5.07. The number of nitrogens with two attached hydrogens (primary N) is 1. The predicted molar refractivity (Wildman–Crippen MR) is 84.2 cm³/mol. The van der Waals surface area contributed by atoms with Gasteiger partial charge in [0.25, 0.3) is 0 Å². The minimum Gasteiger partial charge on any atom is -0.388 e. The van der Waals surface area contributed by atoms with E-state index in [1.54, 1.807) is 12.3 Å². The summed E-state index contributed by atoms with van der Waals surface area (Å²) in [4.78, 5) is 6.20. The number of hydrogen-bond acceptors (Lipinski definition) is 3. The van der Waals surface area contributed by atoms with Crippen molar-refractivity contribution in [2.24, 2.45) is 5.73 Å². The molecule has 0 spiro atoms. The fourth-order valence-corrected chi connectivity index (χ4v) is 2.29. The van der Waals surface area contributed by atoms with Crippen molar-refractivity contribution in [1.29, 1.82) is 5.41 Å². The molecule has 2 rings (SSSR count). The van der Waals surface area contributed by atoms with Gasteiger partial charge < -0.3 is 10.6 Å². The van der Waals surface area contributed by atoms with E-state index in [9.17, 15) is 0 Å². The van der Waals surface area contributed by atoms with Gasteiger partial charge in [-0.05, 0) is 18.2 Å². The van der Waals surface area contributed by atoms with Crippen molar-refractivity contribution >= 4 is 40.5 Å². The van der Waals surface area contributed by atoms with Gasteiger partial charge >= 0.3 is 0 Å². The molecule has 6 heteroatoms. The Morgan fingerprint density at radius 1 is 1.25 bits per heavy atom. The molecule has 0 saturated heterocycles. The second kappa shape index (κ2) is 6.59. The molecule has 1 aromatic heterocycles. The van der Waals surface area contributed by atoms with Crippen molar-refractivity contribution in [2.45, 2.75) is 6.42 Å². The Morgan fingerprint density at radius 3 is 2.55 bits per heavy atom. The summed E-state index contributed by atoms with van der Waals surface area (Å²) in [5, 5.41) is 8.32. The van der Waals surface area contributed by atoms with E-state index in [4.69, 9.17) is 34.3 Å². The molecular weight excluding hydrogens is 295 g/mol. The molecule has 0 amide bonds. The quantitative estimate of drug-likeness (QED) is 0.651. The van der Waals surface area contributed by atoms with Crippen LogP contribution in [0, 0.1) is 5.41 Å². The molecule has 0 radical (unpaired) electrons. The van der Waals surface area contributed by atoms with Crippen LogP contribution in [0.4, 0.5) is 11.5 Å². The number of nitrogens with one attached hydrogen (secondary N) is 1. The summed E-state index contributed by atoms with van der Waals surface area (Å²) in [6, 6.07) is 11.3. The fourth-order valence-electron chi connectivity index (χ4n) is 1.80. The number of aromatic nitrogens is 1. The Kier molecular flexibility index (Phi) is 4.82. The molecule has 20 heavy (non-hydrogen) atoms. The average Bonchev–Trinajstić information content (AvgIpc) is 2.42. The van der Waals surface area contributed by atoms with Crippen LogP contribution < -0.4 is 10.6 Å². The summed E-state index contributed by atoms with van der Waals surface area (Å²) in [6.45, 7) is 0.522. The van der Waals surface area contributed by atoms with Crippen LogP contribution in [0.25, 0.3) is 0 Å². The summed E-state index contributed by atoms with van der Waals surface area (Å²) in [6.07, 6.45) is 1.97. The van der Waals surface area contributed by atoms with Gasteiger partial charge in [0.1, 0.15) is 0 Å². The van der Waals surface area contributed by atoms with Gasteiger partial charge in [-0.1, -0.05) is 41.4 Å². The van der Waals surface area contributed by atoms with Crippen LogP contribution in [0.3, 0.4) is 0 Å². The molecule has 1 heterocycles. The minimum absolute atomic E-state index is 0.121. The van der Waals surface area contributed by atoms with E-state index >= 15 is 0 Å². The molecule has 0 bridgehead atoms. The summed E-state index contributed by atoms with van der Waals surface area (Å²) >= 11 is 12.1. The average molecular weight is 309 g/mol. The lowest BCUT2D eigenvalue weighted by molar-refractivity contribution is 0.932. The zero-order valence-electron chi connectivity index (χ0n) is 10.7. The van der Waals surface area contributed by atoms with Crippen molar-refractivity contribution < 1.29 is 0 Å². The van der Waals surface area contributed by atoms with Gasteiger partial charge in [-0.2, -0.15) is 0 Å². The minimum atomic E-state index is 0.121. The van der Waals surface area contributed by atoms with Gasteiger partial charge in [0.2, 0.25) is 0 Å². The number of nitrogens with zero attached hydrogens (tertiary/aromatic N) is 2. The van der Waals surface area contributed by atoms with E-state index in [1.807, 2.05) is 35.2 Å². The molecule has 2 aromatic rings. The molecule has 0 aliphatic carbocycles. The highest BCUT2D eigenvalue weighted by atomic mass is 35.5. The summed E-state index contributed by atoms with van der Waals surface area (Å²) in [5.74, 6) is 0.722. The van der Waals surface area contributed by atoms with E-state index in [2.05, 4.69) is 4.98 Å². The lowest BCUT2D eigenvalue weighted by Gasteiger charge is -2.24. The SMILES string of the molecule is N=C(N)CCN(c1ccccc1)c1ncc(Cl)cc1Cl. The van der Waals surface area contributed by atoms with E-state index < -0.39 is 0 Å². The van der Waals surface area contributed by atoms with E-state index in [0.29, 0.717) is 28.8 Å². The first-order valence-electron chi connectivity index (χ1n) is 6.04. The molecule has 0 aliphatic heterocycles. The van der Waals surface area contributed by atoms with Crippen LogP contribution in [-0.4, -0.2) is 17.4 Å². The van der Waals surface area contributed by atoms with Crippen LogP contribution in [0.15, 0.2) is 42.6 Å². The maximum absolute atomic E-state index is 7.38. The van der Waals surface area contributed by atoms with E-state index in [-0.39, 0.29) is 5.84 Å². The summed E-state index contributed by atoms with van der Waals surface area (Å²) in [7, 11) is 0. The van der Waals surface area contributed by atoms with Gasteiger partial charge in [-0.25, -0.2) is 4.98 Å². The van der Waals surface area contributed by atoms with Gasteiger partial charge in [0, 0.05) is 24.8 Å². The number of anilines is 2. The zero-order chi connectivity index (χ0) is 14.5. The third-order valence-electron chi connectivity index (χ3n) is 2.72. The first-order chi connectivity index (χ1) is 9.58. The normalized spacial score (nSPS) is 10.3. The highest BCUT2D eigenvalue weighted by Gasteiger charge is 2.14. The van der Waals surface area contributed by atoms with Crippen molar-refractivity contribution in [3.63, 3.8) is 0 Å². The highest BCUT2D eigenvalue weighted by molar-refractivity contribution is 6.36. The predicted octanol–water partition coefficient (Wildman–Crippen LogP) is 3.85. The number of pyridine rings is 1. The Morgan fingerprint density at radius 2 is 1.95 bits per heavy atom. The Bertz CT molecular complexity index is 601. The topological polar surface area (TPSA) is 66.0 Å². The second-order valence-electron chi connectivity index (χ2n) is 4.22. The molecule has 3 N–H and O–H groups in total. The van der Waals surface area contributed by atoms with Gasteiger partial charge in [0.15, 0.2) is 5.82 Å². The third kappa shape index (κ3) is 3.62. The van der Waals surface area contributed by atoms with Crippen LogP contribution in [0.1, 0.15) is 6.42 Å². The monoisotopic (exact) mass is 308 g/mol. The lowest BCUT2D eigenvalue weighted by atomic mass is 10.2. The molecule has 104 valence electrons. The summed E-state index contributed by atoms with van der Waals surface area (Å²) in [5.41, 5.74) is 6.38. The number of benzene rings is 1.